The van der Waals surface area contributed by atoms with Crippen molar-refractivity contribution in [3.8, 4) is 0 Å². The third-order valence-electron chi connectivity index (χ3n) is 3.83. The Labute approximate surface area is 155 Å². The summed E-state index contributed by atoms with van der Waals surface area (Å²) in [5.41, 5.74) is 9.20. The second kappa shape index (κ2) is 9.72. The standard InChI is InChI=1S/C16H26N4O4SSi/c1-24-16(21)14(12-18-20-17)15(13-8-6-5-7-9-13)19-25(22,23)10-11-26(2,3)4/h5-9,14-15,19H,10-12H2,1-4H3/t14-,15+/m1/s1. The maximum absolute atomic E-state index is 12.6. The summed E-state index contributed by atoms with van der Waals surface area (Å²) >= 11 is 0. The van der Waals surface area contributed by atoms with Gasteiger partial charge in [0, 0.05) is 19.5 Å². The van der Waals surface area contributed by atoms with E-state index in [4.69, 9.17) is 10.3 Å². The second-order valence-corrected chi connectivity index (χ2v) is 14.7. The molecule has 0 aromatic heterocycles. The number of carbonyl (C=O) groups excluding carboxylic acids is 1. The van der Waals surface area contributed by atoms with Gasteiger partial charge in [0.25, 0.3) is 0 Å². The highest BCUT2D eigenvalue weighted by molar-refractivity contribution is 7.89. The van der Waals surface area contributed by atoms with E-state index in [1.54, 1.807) is 30.3 Å². The molecule has 0 unspecified atom stereocenters. The van der Waals surface area contributed by atoms with Crippen molar-refractivity contribution in [1.82, 2.24) is 4.72 Å². The molecule has 1 N–H and O–H groups in total. The lowest BCUT2D eigenvalue weighted by molar-refractivity contribution is -0.146. The number of carbonyl (C=O) groups is 1. The quantitative estimate of drug-likeness (QED) is 0.214. The van der Waals surface area contributed by atoms with E-state index in [0.29, 0.717) is 11.6 Å². The molecule has 0 heterocycles. The number of hydrogen-bond acceptors (Lipinski definition) is 5. The second-order valence-electron chi connectivity index (χ2n) is 7.18. The first-order valence-electron chi connectivity index (χ1n) is 8.23. The van der Waals surface area contributed by atoms with Crippen molar-refractivity contribution >= 4 is 24.1 Å². The van der Waals surface area contributed by atoms with E-state index in [1.807, 2.05) is 0 Å². The first kappa shape index (κ1) is 22.2. The maximum Gasteiger partial charge on any atom is 0.310 e. The fraction of sp³-hybridized carbons (Fsp3) is 0.562. The number of sulfonamides is 1. The number of benzene rings is 1. The van der Waals surface area contributed by atoms with Crippen LogP contribution in [-0.4, -0.2) is 41.9 Å². The predicted molar refractivity (Wildman–Crippen MR) is 104 cm³/mol. The summed E-state index contributed by atoms with van der Waals surface area (Å²) in [6, 6.07) is 8.46. The molecule has 0 spiro atoms. The molecule has 1 aromatic rings. The molecule has 0 radical (unpaired) electrons. The van der Waals surface area contributed by atoms with E-state index in [9.17, 15) is 13.2 Å². The summed E-state index contributed by atoms with van der Waals surface area (Å²) in [6.45, 7) is 6.07. The fourth-order valence-electron chi connectivity index (χ4n) is 2.33. The first-order chi connectivity index (χ1) is 12.1. The number of hydrogen-bond donors (Lipinski definition) is 1. The van der Waals surface area contributed by atoms with Crippen molar-refractivity contribution in [3.63, 3.8) is 0 Å². The Morgan fingerprint density at radius 1 is 1.31 bits per heavy atom. The SMILES string of the molecule is COC(=O)[C@H](CN=[N+]=[N-])[C@@H](NS(=O)(=O)CC[Si](C)(C)C)c1ccccc1. The van der Waals surface area contributed by atoms with Crippen LogP contribution in [-0.2, 0) is 19.6 Å². The van der Waals surface area contributed by atoms with Gasteiger partial charge in [-0.25, -0.2) is 13.1 Å². The molecule has 0 bridgehead atoms. The molecule has 0 aliphatic rings. The van der Waals surface area contributed by atoms with Crippen LogP contribution in [0, 0.1) is 5.92 Å². The molecule has 0 aliphatic heterocycles. The summed E-state index contributed by atoms with van der Waals surface area (Å²) in [7, 11) is -3.97. The molecule has 2 atom stereocenters. The normalized spacial score (nSPS) is 14.2. The lowest BCUT2D eigenvalue weighted by atomic mass is 9.94. The minimum atomic E-state index is -3.63. The topological polar surface area (TPSA) is 121 Å². The smallest absolute Gasteiger partial charge is 0.310 e. The van der Waals surface area contributed by atoms with Crippen molar-refractivity contribution in [3.05, 3.63) is 46.3 Å². The molecule has 10 heteroatoms. The van der Waals surface area contributed by atoms with Crippen LogP contribution in [0.3, 0.4) is 0 Å². The van der Waals surface area contributed by atoms with Gasteiger partial charge >= 0.3 is 5.97 Å². The Morgan fingerprint density at radius 2 is 1.92 bits per heavy atom. The van der Waals surface area contributed by atoms with Gasteiger partial charge in [-0.3, -0.25) is 4.79 Å². The van der Waals surface area contributed by atoms with E-state index >= 15 is 0 Å². The van der Waals surface area contributed by atoms with Crippen molar-refractivity contribution in [1.29, 1.82) is 0 Å². The summed E-state index contributed by atoms with van der Waals surface area (Å²) in [5, 5.41) is 3.45. The molecule has 144 valence electrons. The summed E-state index contributed by atoms with van der Waals surface area (Å²) in [5.74, 6) is -1.61. The Kier molecular flexibility index (Phi) is 8.29. The van der Waals surface area contributed by atoms with E-state index in [-0.39, 0.29) is 12.3 Å². The summed E-state index contributed by atoms with van der Waals surface area (Å²) in [4.78, 5) is 14.9. The highest BCUT2D eigenvalue weighted by atomic mass is 32.2. The van der Waals surface area contributed by atoms with Gasteiger partial charge in [-0.1, -0.05) is 55.1 Å². The predicted octanol–water partition coefficient (Wildman–Crippen LogP) is 3.08. The molecule has 1 rings (SSSR count). The van der Waals surface area contributed by atoms with Crippen LogP contribution < -0.4 is 4.72 Å². The molecular weight excluding hydrogens is 372 g/mol. The van der Waals surface area contributed by atoms with Crippen LogP contribution in [0.2, 0.25) is 25.7 Å². The Balaban J connectivity index is 3.19. The molecule has 0 fully saturated rings. The number of esters is 1. The molecule has 0 aliphatic carbocycles. The Morgan fingerprint density at radius 3 is 2.42 bits per heavy atom. The number of ether oxygens (including phenoxy) is 1. The zero-order valence-electron chi connectivity index (χ0n) is 15.5. The van der Waals surface area contributed by atoms with Crippen LogP contribution in [0.1, 0.15) is 11.6 Å². The average Bonchev–Trinajstić information content (AvgIpc) is 2.59. The highest BCUT2D eigenvalue weighted by Gasteiger charge is 2.33. The molecule has 0 saturated carbocycles. The van der Waals surface area contributed by atoms with Crippen molar-refractivity contribution in [2.45, 2.75) is 31.7 Å². The van der Waals surface area contributed by atoms with Crippen LogP contribution in [0.25, 0.3) is 10.4 Å². The Bertz CT molecular complexity index is 743. The van der Waals surface area contributed by atoms with Crippen molar-refractivity contribution in [2.75, 3.05) is 19.4 Å². The molecule has 8 nitrogen and oxygen atoms in total. The molecule has 1 aromatic carbocycles. The van der Waals surface area contributed by atoms with Crippen molar-refractivity contribution < 1.29 is 17.9 Å². The van der Waals surface area contributed by atoms with Gasteiger partial charge < -0.3 is 4.74 Å². The number of nitrogens with zero attached hydrogens (tertiary/aromatic N) is 3. The Hall–Kier alpha value is -1.87. The van der Waals surface area contributed by atoms with Gasteiger partial charge in [0.2, 0.25) is 10.0 Å². The molecule has 0 amide bonds. The van der Waals surface area contributed by atoms with Crippen LogP contribution in [0.4, 0.5) is 0 Å². The van der Waals surface area contributed by atoms with E-state index in [1.165, 1.54) is 7.11 Å². The minimum Gasteiger partial charge on any atom is -0.469 e. The highest BCUT2D eigenvalue weighted by Crippen LogP contribution is 2.25. The van der Waals surface area contributed by atoms with Gasteiger partial charge in [-0.2, -0.15) is 0 Å². The van der Waals surface area contributed by atoms with Gasteiger partial charge in [0.15, 0.2) is 0 Å². The van der Waals surface area contributed by atoms with E-state index in [0.717, 1.165) is 0 Å². The number of methoxy groups -OCH3 is 1. The molecular formula is C16H26N4O4SSi. The maximum atomic E-state index is 12.6. The van der Waals surface area contributed by atoms with Gasteiger partial charge in [0.1, 0.15) is 0 Å². The lowest BCUT2D eigenvalue weighted by Crippen LogP contribution is -2.40. The monoisotopic (exact) mass is 398 g/mol. The fourth-order valence-corrected chi connectivity index (χ4v) is 6.66. The third kappa shape index (κ3) is 7.57. The number of nitrogens with one attached hydrogen (secondary N) is 1. The van der Waals surface area contributed by atoms with Gasteiger partial charge in [0.05, 0.1) is 24.8 Å². The summed E-state index contributed by atoms with van der Waals surface area (Å²) < 4.78 is 32.6. The zero-order chi connectivity index (χ0) is 19.8. The third-order valence-corrected chi connectivity index (χ3v) is 7.30. The molecule has 0 saturated heterocycles. The van der Waals surface area contributed by atoms with Crippen molar-refractivity contribution in [2.24, 2.45) is 11.0 Å². The molecule has 26 heavy (non-hydrogen) atoms. The van der Waals surface area contributed by atoms with Gasteiger partial charge in [-0.15, -0.1) is 0 Å². The zero-order valence-corrected chi connectivity index (χ0v) is 17.4. The van der Waals surface area contributed by atoms with Crippen LogP contribution >= 0.6 is 0 Å². The van der Waals surface area contributed by atoms with Crippen LogP contribution in [0.15, 0.2) is 35.4 Å². The average molecular weight is 399 g/mol. The van der Waals surface area contributed by atoms with Crippen LogP contribution in [0.5, 0.6) is 0 Å². The lowest BCUT2D eigenvalue weighted by Gasteiger charge is -2.26. The largest absolute Gasteiger partial charge is 0.469 e. The minimum absolute atomic E-state index is 0.0124. The first-order valence-corrected chi connectivity index (χ1v) is 13.6. The number of azide groups is 1. The van der Waals surface area contributed by atoms with E-state index < -0.39 is 36.0 Å². The van der Waals surface area contributed by atoms with E-state index in [2.05, 4.69) is 34.4 Å². The number of rotatable bonds is 10. The van der Waals surface area contributed by atoms with Gasteiger partial charge in [-0.05, 0) is 17.1 Å². The summed E-state index contributed by atoms with van der Waals surface area (Å²) in [6.07, 6.45) is 0.